The highest BCUT2D eigenvalue weighted by atomic mass is 16.3. The van der Waals surface area contributed by atoms with E-state index in [9.17, 15) is 9.90 Å². The van der Waals surface area contributed by atoms with Crippen molar-refractivity contribution in [3.05, 3.63) is 11.6 Å². The summed E-state index contributed by atoms with van der Waals surface area (Å²) in [4.78, 5) is 12.0. The van der Waals surface area contributed by atoms with E-state index in [1.807, 2.05) is 6.08 Å². The van der Waals surface area contributed by atoms with Crippen LogP contribution in [-0.4, -0.2) is 17.5 Å². The van der Waals surface area contributed by atoms with Crippen molar-refractivity contribution >= 4 is 5.78 Å². The fourth-order valence-electron chi connectivity index (χ4n) is 8.98. The molecule has 25 heavy (non-hydrogen) atoms. The number of hydrogen-bond acceptors (Lipinski definition) is 2. The van der Waals surface area contributed by atoms with Gasteiger partial charge in [-0.2, -0.15) is 0 Å². The Morgan fingerprint density at radius 2 is 1.88 bits per heavy atom. The molecule has 6 aliphatic carbocycles. The summed E-state index contributed by atoms with van der Waals surface area (Å²) >= 11 is 0. The van der Waals surface area contributed by atoms with E-state index in [4.69, 9.17) is 0 Å². The molecule has 0 aromatic carbocycles. The molecule has 0 amide bonds. The minimum Gasteiger partial charge on any atom is -0.396 e. The molecule has 9 atom stereocenters. The number of aliphatic hydroxyl groups excluding tert-OH is 1. The SMILES string of the molecule is CC1C2CC2C2C3CC(CO)C4=CC(=O)CCC4C3CCC12C1CC1. The number of fused-ring (bicyclic) bond motifs is 7. The molecule has 0 radical (unpaired) electrons. The summed E-state index contributed by atoms with van der Waals surface area (Å²) in [6.45, 7) is 2.85. The van der Waals surface area contributed by atoms with Crippen molar-refractivity contribution in [1.29, 1.82) is 0 Å². The molecule has 1 N–H and O–H groups in total. The van der Waals surface area contributed by atoms with Crippen molar-refractivity contribution in [2.75, 3.05) is 6.61 Å². The van der Waals surface area contributed by atoms with Gasteiger partial charge < -0.3 is 5.11 Å². The molecule has 0 spiro atoms. The first-order chi connectivity index (χ1) is 12.1. The molecule has 0 bridgehead atoms. The van der Waals surface area contributed by atoms with E-state index in [0.717, 1.165) is 54.3 Å². The van der Waals surface area contributed by atoms with E-state index >= 15 is 0 Å². The van der Waals surface area contributed by atoms with Crippen LogP contribution >= 0.6 is 0 Å². The van der Waals surface area contributed by atoms with E-state index in [0.29, 0.717) is 17.1 Å². The fraction of sp³-hybridized carbons (Fsp3) is 0.870. The lowest BCUT2D eigenvalue weighted by Crippen LogP contribution is -2.51. The van der Waals surface area contributed by atoms with Crippen LogP contribution in [0.15, 0.2) is 11.6 Å². The predicted octanol–water partition coefficient (Wildman–Crippen LogP) is 4.23. The van der Waals surface area contributed by atoms with Crippen LogP contribution < -0.4 is 0 Å². The van der Waals surface area contributed by atoms with Gasteiger partial charge in [0.15, 0.2) is 5.78 Å². The second kappa shape index (κ2) is 5.00. The maximum atomic E-state index is 12.0. The first kappa shape index (κ1) is 15.4. The summed E-state index contributed by atoms with van der Waals surface area (Å²) in [5.74, 6) is 7.81. The molecule has 2 heteroatoms. The van der Waals surface area contributed by atoms with Crippen LogP contribution in [0.2, 0.25) is 0 Å². The summed E-state index contributed by atoms with van der Waals surface area (Å²) in [7, 11) is 0. The summed E-state index contributed by atoms with van der Waals surface area (Å²) < 4.78 is 0. The van der Waals surface area contributed by atoms with Gasteiger partial charge in [0.25, 0.3) is 0 Å². The number of hydrogen-bond donors (Lipinski definition) is 1. The van der Waals surface area contributed by atoms with Crippen molar-refractivity contribution in [3.8, 4) is 0 Å². The highest BCUT2D eigenvalue weighted by Gasteiger charge is 2.72. The Kier molecular flexibility index (Phi) is 3.09. The summed E-state index contributed by atoms with van der Waals surface area (Å²) in [6, 6.07) is 0. The van der Waals surface area contributed by atoms with Crippen LogP contribution in [-0.2, 0) is 4.79 Å². The maximum Gasteiger partial charge on any atom is 0.155 e. The smallest absolute Gasteiger partial charge is 0.155 e. The molecule has 2 nitrogen and oxygen atoms in total. The van der Waals surface area contributed by atoms with Crippen molar-refractivity contribution in [1.82, 2.24) is 0 Å². The van der Waals surface area contributed by atoms with Gasteiger partial charge in [-0.05, 0) is 104 Å². The zero-order chi connectivity index (χ0) is 16.9. The van der Waals surface area contributed by atoms with Crippen molar-refractivity contribution in [2.45, 2.75) is 58.3 Å². The number of carbonyl (C=O) groups is 1. The third-order valence-corrected chi connectivity index (χ3v) is 9.95. The molecule has 0 aromatic rings. The molecule has 0 saturated heterocycles. The highest BCUT2D eigenvalue weighted by molar-refractivity contribution is 5.91. The van der Waals surface area contributed by atoms with Gasteiger partial charge in [-0.1, -0.05) is 12.5 Å². The monoisotopic (exact) mass is 340 g/mol. The Balaban J connectivity index is 1.40. The average Bonchev–Trinajstić information content (AvgIpc) is 3.52. The van der Waals surface area contributed by atoms with Crippen LogP contribution in [0.25, 0.3) is 0 Å². The molecule has 9 unspecified atom stereocenters. The number of carbonyl (C=O) groups excluding carboxylic acids is 1. The first-order valence-corrected chi connectivity index (χ1v) is 11.0. The minimum atomic E-state index is 0.256. The van der Waals surface area contributed by atoms with E-state index < -0.39 is 0 Å². The average molecular weight is 341 g/mol. The first-order valence-electron chi connectivity index (χ1n) is 11.0. The van der Waals surface area contributed by atoms with Gasteiger partial charge in [-0.25, -0.2) is 0 Å². The van der Waals surface area contributed by atoms with E-state index in [1.54, 1.807) is 0 Å². The van der Waals surface area contributed by atoms with Gasteiger partial charge in [0, 0.05) is 18.9 Å². The quantitative estimate of drug-likeness (QED) is 0.817. The zero-order valence-electron chi connectivity index (χ0n) is 15.5. The third kappa shape index (κ3) is 1.88. The van der Waals surface area contributed by atoms with Gasteiger partial charge in [-0.3, -0.25) is 4.79 Å². The predicted molar refractivity (Wildman–Crippen MR) is 96.6 cm³/mol. The normalized spacial score (nSPS) is 56.4. The van der Waals surface area contributed by atoms with Crippen LogP contribution in [0, 0.1) is 58.7 Å². The number of rotatable bonds is 2. The minimum absolute atomic E-state index is 0.256. The van der Waals surface area contributed by atoms with Crippen molar-refractivity contribution in [3.63, 3.8) is 0 Å². The van der Waals surface area contributed by atoms with Gasteiger partial charge in [-0.15, -0.1) is 0 Å². The Morgan fingerprint density at radius 1 is 1.08 bits per heavy atom. The lowest BCUT2D eigenvalue weighted by molar-refractivity contribution is -0.117. The summed E-state index contributed by atoms with van der Waals surface area (Å²) in [6.07, 6.45) is 12.3. The summed E-state index contributed by atoms with van der Waals surface area (Å²) in [5, 5.41) is 10.1. The van der Waals surface area contributed by atoms with Gasteiger partial charge in [0.1, 0.15) is 0 Å². The molecular weight excluding hydrogens is 308 g/mol. The molecule has 6 rings (SSSR count). The lowest BCUT2D eigenvalue weighted by Gasteiger charge is -2.58. The maximum absolute atomic E-state index is 12.0. The standard InChI is InChI=1S/C23H32O2/c1-12-18-10-21(18)22-20-8-13(11-24)19-9-15(25)4-5-16(19)17(20)6-7-23(12,22)14-2-3-14/h9,12-14,16-18,20-22,24H,2-8,10-11H2,1H3. The number of ketones is 1. The Hall–Kier alpha value is -0.630. The second-order valence-corrected chi connectivity index (χ2v) is 10.5. The van der Waals surface area contributed by atoms with E-state index in [-0.39, 0.29) is 12.5 Å². The van der Waals surface area contributed by atoms with Crippen LogP contribution in [0.4, 0.5) is 0 Å². The molecule has 136 valence electrons. The molecule has 0 aromatic heterocycles. The van der Waals surface area contributed by atoms with Crippen molar-refractivity contribution in [2.24, 2.45) is 58.7 Å². The van der Waals surface area contributed by atoms with Gasteiger partial charge >= 0.3 is 0 Å². The van der Waals surface area contributed by atoms with Crippen LogP contribution in [0.3, 0.4) is 0 Å². The zero-order valence-corrected chi connectivity index (χ0v) is 15.5. The fourth-order valence-corrected chi connectivity index (χ4v) is 8.98. The van der Waals surface area contributed by atoms with E-state index in [2.05, 4.69) is 6.92 Å². The molecule has 0 heterocycles. The third-order valence-electron chi connectivity index (χ3n) is 9.95. The topological polar surface area (TPSA) is 37.3 Å². The Bertz CT molecular complexity index is 646. The summed E-state index contributed by atoms with van der Waals surface area (Å²) in [5.41, 5.74) is 2.01. The van der Waals surface area contributed by atoms with Gasteiger partial charge in [0.2, 0.25) is 0 Å². The Labute approximate surface area is 151 Å². The van der Waals surface area contributed by atoms with Crippen LogP contribution in [0.1, 0.15) is 58.3 Å². The Morgan fingerprint density at radius 3 is 2.64 bits per heavy atom. The molecule has 0 aliphatic heterocycles. The molecular formula is C23H32O2. The lowest BCUT2D eigenvalue weighted by atomic mass is 9.47. The second-order valence-electron chi connectivity index (χ2n) is 10.5. The van der Waals surface area contributed by atoms with E-state index in [1.165, 1.54) is 44.1 Å². The number of aliphatic hydroxyl groups is 1. The molecule has 6 aliphatic rings. The molecule has 5 saturated carbocycles. The van der Waals surface area contributed by atoms with Crippen molar-refractivity contribution < 1.29 is 9.90 Å². The molecule has 5 fully saturated rings. The largest absolute Gasteiger partial charge is 0.396 e. The highest BCUT2D eigenvalue weighted by Crippen LogP contribution is 2.79. The van der Waals surface area contributed by atoms with Crippen LogP contribution in [0.5, 0.6) is 0 Å². The van der Waals surface area contributed by atoms with Gasteiger partial charge in [0.05, 0.1) is 0 Å².